The third-order valence-corrected chi connectivity index (χ3v) is 5.85. The summed E-state index contributed by atoms with van der Waals surface area (Å²) >= 11 is 0. The SMILES string of the molecule is Cc1cc(F)ccc1[C@@H](C1CCCCC1)[C@H](C)OC(=O)[C@H](C)CC(=O)OC(C)(C)C. The van der Waals surface area contributed by atoms with Gasteiger partial charge in [-0.25, -0.2) is 4.39 Å². The zero-order valence-electron chi connectivity index (χ0n) is 19.3. The third kappa shape index (κ3) is 7.10. The highest BCUT2D eigenvalue weighted by Crippen LogP contribution is 2.40. The first-order valence-corrected chi connectivity index (χ1v) is 11.2. The summed E-state index contributed by atoms with van der Waals surface area (Å²) in [4.78, 5) is 24.8. The highest BCUT2D eigenvalue weighted by molar-refractivity contribution is 5.80. The van der Waals surface area contributed by atoms with Gasteiger partial charge in [-0.05, 0) is 76.6 Å². The lowest BCUT2D eigenvalue weighted by atomic mass is 9.73. The van der Waals surface area contributed by atoms with E-state index < -0.39 is 23.5 Å². The molecule has 0 amide bonds. The number of hydrogen-bond donors (Lipinski definition) is 0. The van der Waals surface area contributed by atoms with E-state index in [2.05, 4.69) is 0 Å². The zero-order chi connectivity index (χ0) is 22.5. The number of ether oxygens (including phenoxy) is 2. The Kier molecular flexibility index (Phi) is 8.45. The Morgan fingerprint density at radius 1 is 1.13 bits per heavy atom. The summed E-state index contributed by atoms with van der Waals surface area (Å²) in [5.74, 6) is -1.22. The van der Waals surface area contributed by atoms with E-state index in [1.807, 2.05) is 19.9 Å². The van der Waals surface area contributed by atoms with E-state index in [0.717, 1.165) is 36.8 Å². The monoisotopic (exact) mass is 420 g/mol. The highest BCUT2D eigenvalue weighted by atomic mass is 19.1. The number of aryl methyl sites for hydroxylation is 1. The highest BCUT2D eigenvalue weighted by Gasteiger charge is 2.34. The van der Waals surface area contributed by atoms with E-state index in [1.54, 1.807) is 33.8 Å². The van der Waals surface area contributed by atoms with Crippen LogP contribution in [0.5, 0.6) is 0 Å². The number of hydrogen-bond acceptors (Lipinski definition) is 4. The first-order valence-electron chi connectivity index (χ1n) is 11.2. The van der Waals surface area contributed by atoms with Gasteiger partial charge in [0.1, 0.15) is 17.5 Å². The zero-order valence-corrected chi connectivity index (χ0v) is 19.3. The van der Waals surface area contributed by atoms with E-state index in [-0.39, 0.29) is 24.3 Å². The normalized spacial score (nSPS) is 18.4. The summed E-state index contributed by atoms with van der Waals surface area (Å²) < 4.78 is 24.9. The molecular formula is C25H37FO4. The number of esters is 2. The molecule has 1 fully saturated rings. The van der Waals surface area contributed by atoms with Crippen molar-refractivity contribution in [3.8, 4) is 0 Å². The predicted molar refractivity (Wildman–Crippen MR) is 116 cm³/mol. The maximum atomic E-state index is 13.7. The largest absolute Gasteiger partial charge is 0.462 e. The molecule has 0 aromatic heterocycles. The Morgan fingerprint density at radius 3 is 2.33 bits per heavy atom. The molecule has 1 aromatic rings. The van der Waals surface area contributed by atoms with Crippen molar-refractivity contribution < 1.29 is 23.5 Å². The molecular weight excluding hydrogens is 383 g/mol. The van der Waals surface area contributed by atoms with E-state index in [1.165, 1.54) is 12.5 Å². The smallest absolute Gasteiger partial charge is 0.309 e. The topological polar surface area (TPSA) is 52.6 Å². The van der Waals surface area contributed by atoms with Crippen LogP contribution in [0, 0.1) is 24.6 Å². The number of carbonyl (C=O) groups is 2. The summed E-state index contributed by atoms with van der Waals surface area (Å²) in [6.45, 7) is 10.9. The molecule has 5 heteroatoms. The van der Waals surface area contributed by atoms with Crippen LogP contribution in [0.15, 0.2) is 18.2 Å². The maximum Gasteiger partial charge on any atom is 0.309 e. The van der Waals surface area contributed by atoms with Crippen molar-refractivity contribution in [1.29, 1.82) is 0 Å². The molecule has 4 nitrogen and oxygen atoms in total. The minimum atomic E-state index is -0.583. The molecule has 1 aliphatic carbocycles. The minimum Gasteiger partial charge on any atom is -0.462 e. The Balaban J connectivity index is 2.12. The standard InChI is InChI=1S/C25H37FO4/c1-16-14-20(26)12-13-21(16)23(19-10-8-7-9-11-19)18(3)29-24(28)17(2)15-22(27)30-25(4,5)6/h12-14,17-19,23H,7-11,15H2,1-6H3/t17-,18+,23-/m1/s1. The van der Waals surface area contributed by atoms with Crippen LogP contribution in [0.3, 0.4) is 0 Å². The van der Waals surface area contributed by atoms with E-state index in [9.17, 15) is 14.0 Å². The molecule has 0 spiro atoms. The summed E-state index contributed by atoms with van der Waals surface area (Å²) in [5.41, 5.74) is 1.35. The fourth-order valence-electron chi connectivity index (χ4n) is 4.49. The van der Waals surface area contributed by atoms with Crippen molar-refractivity contribution in [2.75, 3.05) is 0 Å². The lowest BCUT2D eigenvalue weighted by molar-refractivity contribution is -0.163. The summed E-state index contributed by atoms with van der Waals surface area (Å²) in [7, 11) is 0. The number of benzene rings is 1. The Labute approximate surface area is 180 Å². The van der Waals surface area contributed by atoms with Gasteiger partial charge in [-0.2, -0.15) is 0 Å². The molecule has 1 aliphatic rings. The predicted octanol–water partition coefficient (Wildman–Crippen LogP) is 6.10. The molecule has 1 saturated carbocycles. The second-order valence-electron chi connectivity index (χ2n) is 9.76. The van der Waals surface area contributed by atoms with Gasteiger partial charge in [0.05, 0.1) is 12.3 Å². The lowest BCUT2D eigenvalue weighted by Crippen LogP contribution is -2.33. The summed E-state index contributed by atoms with van der Waals surface area (Å²) in [6, 6.07) is 4.86. The van der Waals surface area contributed by atoms with E-state index in [0.29, 0.717) is 5.92 Å². The molecule has 2 rings (SSSR count). The number of carbonyl (C=O) groups excluding carboxylic acids is 2. The molecule has 0 unspecified atom stereocenters. The minimum absolute atomic E-state index is 0.00745. The van der Waals surface area contributed by atoms with Gasteiger partial charge in [-0.1, -0.05) is 32.3 Å². The second kappa shape index (κ2) is 10.4. The van der Waals surface area contributed by atoms with Crippen LogP contribution in [0.1, 0.15) is 90.2 Å². The van der Waals surface area contributed by atoms with Crippen molar-refractivity contribution in [1.82, 2.24) is 0 Å². The van der Waals surface area contributed by atoms with Crippen LogP contribution in [-0.4, -0.2) is 23.6 Å². The average Bonchev–Trinajstić information content (AvgIpc) is 2.63. The first-order chi connectivity index (χ1) is 14.0. The number of halogens is 1. The van der Waals surface area contributed by atoms with Crippen LogP contribution >= 0.6 is 0 Å². The van der Waals surface area contributed by atoms with E-state index in [4.69, 9.17) is 9.47 Å². The molecule has 0 bridgehead atoms. The molecule has 0 heterocycles. The van der Waals surface area contributed by atoms with Crippen LogP contribution in [0.2, 0.25) is 0 Å². The average molecular weight is 421 g/mol. The van der Waals surface area contributed by atoms with Crippen molar-refractivity contribution >= 4 is 11.9 Å². The molecule has 1 aromatic carbocycles. The molecule has 0 N–H and O–H groups in total. The molecule has 30 heavy (non-hydrogen) atoms. The Morgan fingerprint density at radius 2 is 1.77 bits per heavy atom. The van der Waals surface area contributed by atoms with Crippen LogP contribution in [-0.2, 0) is 19.1 Å². The van der Waals surface area contributed by atoms with Gasteiger partial charge in [0.15, 0.2) is 0 Å². The lowest BCUT2D eigenvalue weighted by Gasteiger charge is -2.35. The van der Waals surface area contributed by atoms with Crippen LogP contribution in [0.25, 0.3) is 0 Å². The summed E-state index contributed by atoms with van der Waals surface area (Å²) in [5, 5.41) is 0. The van der Waals surface area contributed by atoms with Crippen LogP contribution < -0.4 is 0 Å². The third-order valence-electron chi connectivity index (χ3n) is 5.85. The second-order valence-corrected chi connectivity index (χ2v) is 9.76. The van der Waals surface area contributed by atoms with Gasteiger partial charge in [-0.15, -0.1) is 0 Å². The van der Waals surface area contributed by atoms with Crippen molar-refractivity contribution in [3.05, 3.63) is 35.1 Å². The molecule has 0 aliphatic heterocycles. The van der Waals surface area contributed by atoms with Crippen molar-refractivity contribution in [2.45, 2.75) is 97.7 Å². The fraction of sp³-hybridized carbons (Fsp3) is 0.680. The van der Waals surface area contributed by atoms with Gasteiger partial charge in [0, 0.05) is 5.92 Å². The quantitative estimate of drug-likeness (QED) is 0.500. The maximum absolute atomic E-state index is 13.7. The van der Waals surface area contributed by atoms with Crippen molar-refractivity contribution in [3.63, 3.8) is 0 Å². The van der Waals surface area contributed by atoms with Crippen molar-refractivity contribution in [2.24, 2.45) is 11.8 Å². The Hall–Kier alpha value is -1.91. The van der Waals surface area contributed by atoms with Gasteiger partial charge < -0.3 is 9.47 Å². The molecule has 0 radical (unpaired) electrons. The van der Waals surface area contributed by atoms with Gasteiger partial charge in [0.2, 0.25) is 0 Å². The summed E-state index contributed by atoms with van der Waals surface area (Å²) in [6.07, 6.45) is 5.35. The van der Waals surface area contributed by atoms with E-state index >= 15 is 0 Å². The molecule has 168 valence electrons. The first kappa shape index (κ1) is 24.4. The van der Waals surface area contributed by atoms with Gasteiger partial charge in [0.25, 0.3) is 0 Å². The van der Waals surface area contributed by atoms with Gasteiger partial charge in [-0.3, -0.25) is 9.59 Å². The van der Waals surface area contributed by atoms with Gasteiger partial charge >= 0.3 is 11.9 Å². The fourth-order valence-corrected chi connectivity index (χ4v) is 4.49. The molecule has 3 atom stereocenters. The molecule has 0 saturated heterocycles. The Bertz CT molecular complexity index is 731. The number of rotatable bonds is 7. The van der Waals surface area contributed by atoms with Crippen LogP contribution in [0.4, 0.5) is 4.39 Å².